The molecule has 1 aliphatic rings. The first kappa shape index (κ1) is 11.6. The van der Waals surface area contributed by atoms with E-state index in [-0.39, 0.29) is 5.82 Å². The zero-order valence-electron chi connectivity index (χ0n) is 9.88. The van der Waals surface area contributed by atoms with Crippen LogP contribution in [0.2, 0.25) is 0 Å². The van der Waals surface area contributed by atoms with E-state index in [1.54, 1.807) is 12.1 Å². The van der Waals surface area contributed by atoms with Crippen LogP contribution in [0.3, 0.4) is 0 Å². The van der Waals surface area contributed by atoms with Crippen LogP contribution in [0.1, 0.15) is 24.8 Å². The Bertz CT molecular complexity index is 316. The first-order valence-electron chi connectivity index (χ1n) is 6.18. The van der Waals surface area contributed by atoms with Gasteiger partial charge < -0.3 is 5.32 Å². The lowest BCUT2D eigenvalue weighted by Gasteiger charge is -2.34. The Hall–Kier alpha value is -0.890. The molecule has 1 unspecified atom stereocenters. The summed E-state index contributed by atoms with van der Waals surface area (Å²) in [5.41, 5.74) is 1.26. The van der Waals surface area contributed by atoms with Gasteiger partial charge in [-0.2, -0.15) is 0 Å². The molecule has 1 aliphatic carbocycles. The number of benzene rings is 1. The molecule has 0 aliphatic heterocycles. The maximum absolute atomic E-state index is 12.8. The maximum Gasteiger partial charge on any atom is 0.123 e. The topological polar surface area (TPSA) is 12.0 Å². The molecule has 1 atom stereocenters. The molecule has 1 aromatic rings. The third-order valence-corrected chi connectivity index (χ3v) is 3.69. The van der Waals surface area contributed by atoms with Crippen molar-refractivity contribution in [2.45, 2.75) is 25.7 Å². The molecule has 1 saturated carbocycles. The lowest BCUT2D eigenvalue weighted by atomic mass is 9.73. The largest absolute Gasteiger partial charge is 0.319 e. The van der Waals surface area contributed by atoms with E-state index in [0.29, 0.717) is 5.92 Å². The average Bonchev–Trinajstić information content (AvgIpc) is 2.19. The Morgan fingerprint density at radius 2 is 2.00 bits per heavy atom. The van der Waals surface area contributed by atoms with Crippen molar-refractivity contribution >= 4 is 0 Å². The molecule has 0 heterocycles. The summed E-state index contributed by atoms with van der Waals surface area (Å²) < 4.78 is 12.8. The Balaban J connectivity index is 1.96. The molecule has 2 heteroatoms. The fourth-order valence-corrected chi connectivity index (χ4v) is 2.50. The van der Waals surface area contributed by atoms with Gasteiger partial charge in [0.15, 0.2) is 0 Å². The van der Waals surface area contributed by atoms with Crippen molar-refractivity contribution < 1.29 is 4.39 Å². The molecule has 0 amide bonds. The van der Waals surface area contributed by atoms with Crippen LogP contribution < -0.4 is 5.32 Å². The van der Waals surface area contributed by atoms with E-state index in [9.17, 15) is 4.39 Å². The van der Waals surface area contributed by atoms with Crippen LogP contribution in [0.15, 0.2) is 24.3 Å². The van der Waals surface area contributed by atoms with Crippen LogP contribution in [0, 0.1) is 17.7 Å². The average molecular weight is 221 g/mol. The van der Waals surface area contributed by atoms with Gasteiger partial charge in [-0.15, -0.1) is 0 Å². The molecule has 88 valence electrons. The minimum absolute atomic E-state index is 0.141. The van der Waals surface area contributed by atoms with Gasteiger partial charge in [0.1, 0.15) is 5.82 Å². The van der Waals surface area contributed by atoms with E-state index in [4.69, 9.17) is 0 Å². The Kier molecular flexibility index (Phi) is 3.94. The van der Waals surface area contributed by atoms with E-state index >= 15 is 0 Å². The van der Waals surface area contributed by atoms with Crippen LogP contribution in [0.4, 0.5) is 4.39 Å². The second kappa shape index (κ2) is 5.44. The maximum atomic E-state index is 12.8. The summed E-state index contributed by atoms with van der Waals surface area (Å²) in [5, 5.41) is 3.27. The number of rotatable bonds is 5. The molecule has 1 fully saturated rings. The summed E-state index contributed by atoms with van der Waals surface area (Å²) in [6, 6.07) is 6.95. The van der Waals surface area contributed by atoms with Crippen LogP contribution in [0.5, 0.6) is 0 Å². The Morgan fingerprint density at radius 1 is 1.31 bits per heavy atom. The third-order valence-electron chi connectivity index (χ3n) is 3.69. The summed E-state index contributed by atoms with van der Waals surface area (Å²) in [4.78, 5) is 0. The van der Waals surface area contributed by atoms with Crippen molar-refractivity contribution in [1.82, 2.24) is 5.32 Å². The zero-order valence-corrected chi connectivity index (χ0v) is 9.88. The zero-order chi connectivity index (χ0) is 11.4. The van der Waals surface area contributed by atoms with Gasteiger partial charge in [0, 0.05) is 0 Å². The number of hydrogen-bond acceptors (Lipinski definition) is 1. The van der Waals surface area contributed by atoms with Gasteiger partial charge in [-0.1, -0.05) is 31.4 Å². The predicted octanol–water partition coefficient (Wildman–Crippen LogP) is 3.00. The standard InChI is InChI=1S/C14H20FN/c1-16-10-13(12-3-2-4-12)9-11-5-7-14(15)8-6-11/h5-8,12-13,16H,2-4,9-10H2,1H3. The quantitative estimate of drug-likeness (QED) is 0.806. The minimum Gasteiger partial charge on any atom is -0.319 e. The van der Waals surface area contributed by atoms with Crippen molar-refractivity contribution in [3.05, 3.63) is 35.6 Å². The fourth-order valence-electron chi connectivity index (χ4n) is 2.50. The lowest BCUT2D eigenvalue weighted by molar-refractivity contribution is 0.202. The number of hydrogen-bond donors (Lipinski definition) is 1. The highest BCUT2D eigenvalue weighted by Crippen LogP contribution is 2.34. The molecule has 2 rings (SSSR count). The molecule has 0 saturated heterocycles. The van der Waals surface area contributed by atoms with Crippen LogP contribution in [-0.4, -0.2) is 13.6 Å². The molecule has 1 aromatic carbocycles. The van der Waals surface area contributed by atoms with Gasteiger partial charge in [0.2, 0.25) is 0 Å². The number of nitrogens with one attached hydrogen (secondary N) is 1. The second-order valence-electron chi connectivity index (χ2n) is 4.84. The summed E-state index contributed by atoms with van der Waals surface area (Å²) in [5.74, 6) is 1.44. The molecular formula is C14H20FN. The summed E-state index contributed by atoms with van der Waals surface area (Å²) >= 11 is 0. The molecule has 0 radical (unpaired) electrons. The normalized spacial score (nSPS) is 18.1. The highest BCUT2D eigenvalue weighted by Gasteiger charge is 2.26. The molecule has 0 bridgehead atoms. The van der Waals surface area contributed by atoms with Crippen molar-refractivity contribution in [3.8, 4) is 0 Å². The summed E-state index contributed by atoms with van der Waals surface area (Å²) in [6.45, 7) is 1.07. The van der Waals surface area contributed by atoms with Gasteiger partial charge in [0.05, 0.1) is 0 Å². The van der Waals surface area contributed by atoms with Crippen molar-refractivity contribution in [2.24, 2.45) is 11.8 Å². The summed E-state index contributed by atoms with van der Waals surface area (Å²) in [6.07, 6.45) is 5.20. The van der Waals surface area contributed by atoms with Crippen molar-refractivity contribution in [1.29, 1.82) is 0 Å². The van der Waals surface area contributed by atoms with Gasteiger partial charge in [-0.3, -0.25) is 0 Å². The highest BCUT2D eigenvalue weighted by molar-refractivity contribution is 5.17. The Labute approximate surface area is 97.1 Å². The van der Waals surface area contributed by atoms with Crippen molar-refractivity contribution in [2.75, 3.05) is 13.6 Å². The van der Waals surface area contributed by atoms with E-state index in [1.807, 2.05) is 19.2 Å². The van der Waals surface area contributed by atoms with E-state index in [1.165, 1.54) is 24.8 Å². The van der Waals surface area contributed by atoms with Crippen LogP contribution in [0.25, 0.3) is 0 Å². The first-order valence-corrected chi connectivity index (χ1v) is 6.18. The van der Waals surface area contributed by atoms with E-state index < -0.39 is 0 Å². The van der Waals surface area contributed by atoms with E-state index in [2.05, 4.69) is 5.32 Å². The van der Waals surface area contributed by atoms with Gasteiger partial charge >= 0.3 is 0 Å². The minimum atomic E-state index is -0.141. The van der Waals surface area contributed by atoms with Crippen LogP contribution >= 0.6 is 0 Å². The highest BCUT2D eigenvalue weighted by atomic mass is 19.1. The SMILES string of the molecule is CNCC(Cc1ccc(F)cc1)C1CCC1. The Morgan fingerprint density at radius 3 is 2.50 bits per heavy atom. The smallest absolute Gasteiger partial charge is 0.123 e. The fraction of sp³-hybridized carbons (Fsp3) is 0.571. The monoisotopic (exact) mass is 221 g/mol. The molecule has 1 N–H and O–H groups in total. The van der Waals surface area contributed by atoms with Gasteiger partial charge in [0.25, 0.3) is 0 Å². The molecule has 16 heavy (non-hydrogen) atoms. The van der Waals surface area contributed by atoms with Gasteiger partial charge in [-0.25, -0.2) is 4.39 Å². The second-order valence-corrected chi connectivity index (χ2v) is 4.84. The molecular weight excluding hydrogens is 201 g/mol. The molecule has 0 spiro atoms. The van der Waals surface area contributed by atoms with Crippen molar-refractivity contribution in [3.63, 3.8) is 0 Å². The molecule has 1 nitrogen and oxygen atoms in total. The molecule has 0 aromatic heterocycles. The predicted molar refractivity (Wildman–Crippen MR) is 64.9 cm³/mol. The van der Waals surface area contributed by atoms with Gasteiger partial charge in [-0.05, 0) is 49.5 Å². The summed E-state index contributed by atoms with van der Waals surface area (Å²) in [7, 11) is 2.01. The van der Waals surface area contributed by atoms with Crippen LogP contribution in [-0.2, 0) is 6.42 Å². The lowest BCUT2D eigenvalue weighted by Crippen LogP contribution is -2.31. The number of halogens is 1. The van der Waals surface area contributed by atoms with E-state index in [0.717, 1.165) is 18.9 Å². The first-order chi connectivity index (χ1) is 7.79. The third kappa shape index (κ3) is 2.82.